The summed E-state index contributed by atoms with van der Waals surface area (Å²) in [5.74, 6) is -0.0557. The van der Waals surface area contributed by atoms with E-state index in [4.69, 9.17) is 4.74 Å². The molecule has 0 spiro atoms. The SMILES string of the molecule is CCN1CCCC(N2CCC2C(=O)OC)C1. The third-order valence-corrected chi connectivity index (χ3v) is 3.93. The number of nitrogens with zero attached hydrogens (tertiary/aromatic N) is 2. The standard InChI is InChI=1S/C12H22N2O2/c1-3-13-7-4-5-10(9-13)14-8-6-11(14)12(15)16-2/h10-11H,3-9H2,1-2H3. The van der Waals surface area contributed by atoms with Crippen molar-refractivity contribution in [3.63, 3.8) is 0 Å². The van der Waals surface area contributed by atoms with Crippen LogP contribution in [0.25, 0.3) is 0 Å². The molecule has 0 aromatic carbocycles. The molecule has 4 nitrogen and oxygen atoms in total. The molecule has 0 amide bonds. The number of hydrogen-bond donors (Lipinski definition) is 0. The van der Waals surface area contributed by atoms with Crippen LogP contribution in [0.4, 0.5) is 0 Å². The number of likely N-dealkylation sites (N-methyl/N-ethyl adjacent to an activating group) is 1. The van der Waals surface area contributed by atoms with E-state index in [2.05, 4.69) is 16.7 Å². The zero-order valence-electron chi connectivity index (χ0n) is 10.3. The number of methoxy groups -OCH3 is 1. The second kappa shape index (κ2) is 5.15. The summed E-state index contributed by atoms with van der Waals surface area (Å²) in [4.78, 5) is 16.3. The van der Waals surface area contributed by atoms with E-state index >= 15 is 0 Å². The molecule has 2 aliphatic heterocycles. The highest BCUT2D eigenvalue weighted by Gasteiger charge is 2.40. The normalized spacial score (nSPS) is 32.1. The van der Waals surface area contributed by atoms with E-state index in [1.54, 1.807) is 0 Å². The van der Waals surface area contributed by atoms with Crippen LogP contribution in [-0.2, 0) is 9.53 Å². The minimum atomic E-state index is -0.0557. The average Bonchev–Trinajstić information content (AvgIpc) is 2.27. The third-order valence-electron chi connectivity index (χ3n) is 3.93. The topological polar surface area (TPSA) is 32.8 Å². The average molecular weight is 226 g/mol. The predicted octanol–water partition coefficient (Wildman–Crippen LogP) is 0.718. The highest BCUT2D eigenvalue weighted by atomic mass is 16.5. The lowest BCUT2D eigenvalue weighted by atomic mass is 9.95. The summed E-state index contributed by atoms with van der Waals surface area (Å²) in [5, 5.41) is 0. The molecule has 2 rings (SSSR count). The van der Waals surface area contributed by atoms with Crippen LogP contribution in [0.15, 0.2) is 0 Å². The lowest BCUT2D eigenvalue weighted by Crippen LogP contribution is -2.61. The molecule has 2 saturated heterocycles. The molecule has 0 aromatic rings. The van der Waals surface area contributed by atoms with Crippen molar-refractivity contribution in [3.05, 3.63) is 0 Å². The highest BCUT2D eigenvalue weighted by Crippen LogP contribution is 2.26. The predicted molar refractivity (Wildman–Crippen MR) is 62.3 cm³/mol. The van der Waals surface area contributed by atoms with Crippen LogP contribution in [0, 0.1) is 0 Å². The molecule has 0 N–H and O–H groups in total. The largest absolute Gasteiger partial charge is 0.468 e. The molecule has 0 radical (unpaired) electrons. The summed E-state index contributed by atoms with van der Waals surface area (Å²) in [5.41, 5.74) is 0. The van der Waals surface area contributed by atoms with Crippen molar-refractivity contribution < 1.29 is 9.53 Å². The Morgan fingerprint density at radius 3 is 2.75 bits per heavy atom. The number of carbonyl (C=O) groups is 1. The summed E-state index contributed by atoms with van der Waals surface area (Å²) in [6.45, 7) is 6.71. The van der Waals surface area contributed by atoms with Gasteiger partial charge in [-0.3, -0.25) is 9.69 Å². The van der Waals surface area contributed by atoms with Crippen LogP contribution < -0.4 is 0 Å². The van der Waals surface area contributed by atoms with E-state index in [9.17, 15) is 4.79 Å². The molecule has 2 atom stereocenters. The van der Waals surface area contributed by atoms with Gasteiger partial charge in [0, 0.05) is 19.1 Å². The maximum atomic E-state index is 11.5. The fourth-order valence-corrected chi connectivity index (χ4v) is 2.82. The summed E-state index contributed by atoms with van der Waals surface area (Å²) >= 11 is 0. The summed E-state index contributed by atoms with van der Waals surface area (Å²) < 4.78 is 4.83. The Hall–Kier alpha value is -0.610. The lowest BCUT2D eigenvalue weighted by molar-refractivity contribution is -0.154. The maximum absolute atomic E-state index is 11.5. The van der Waals surface area contributed by atoms with Gasteiger partial charge in [-0.2, -0.15) is 0 Å². The van der Waals surface area contributed by atoms with Crippen LogP contribution in [-0.4, -0.2) is 61.1 Å². The number of esters is 1. The van der Waals surface area contributed by atoms with Gasteiger partial charge in [0.1, 0.15) is 6.04 Å². The molecular formula is C12H22N2O2. The molecule has 2 aliphatic rings. The maximum Gasteiger partial charge on any atom is 0.323 e. The zero-order valence-corrected chi connectivity index (χ0v) is 10.3. The number of ether oxygens (including phenoxy) is 1. The number of rotatable bonds is 3. The molecule has 16 heavy (non-hydrogen) atoms. The van der Waals surface area contributed by atoms with Gasteiger partial charge in [-0.15, -0.1) is 0 Å². The smallest absolute Gasteiger partial charge is 0.323 e. The molecule has 0 saturated carbocycles. The Balaban J connectivity index is 1.89. The van der Waals surface area contributed by atoms with Crippen molar-refractivity contribution >= 4 is 5.97 Å². The molecule has 2 unspecified atom stereocenters. The number of carbonyl (C=O) groups excluding carboxylic acids is 1. The van der Waals surface area contributed by atoms with Crippen molar-refractivity contribution in [2.75, 3.05) is 33.3 Å². The van der Waals surface area contributed by atoms with Gasteiger partial charge >= 0.3 is 5.97 Å². The Bertz CT molecular complexity index is 257. The molecular weight excluding hydrogens is 204 g/mol. The van der Waals surface area contributed by atoms with Crippen LogP contribution >= 0.6 is 0 Å². The van der Waals surface area contributed by atoms with E-state index < -0.39 is 0 Å². The van der Waals surface area contributed by atoms with Gasteiger partial charge in [0.25, 0.3) is 0 Å². The van der Waals surface area contributed by atoms with Crippen molar-refractivity contribution in [1.29, 1.82) is 0 Å². The fourth-order valence-electron chi connectivity index (χ4n) is 2.82. The molecule has 0 aromatic heterocycles. The second-order valence-corrected chi connectivity index (χ2v) is 4.75. The molecule has 92 valence electrons. The molecule has 2 fully saturated rings. The van der Waals surface area contributed by atoms with E-state index in [0.29, 0.717) is 6.04 Å². The number of hydrogen-bond acceptors (Lipinski definition) is 4. The first kappa shape index (κ1) is 11.9. The minimum Gasteiger partial charge on any atom is -0.468 e. The van der Waals surface area contributed by atoms with E-state index in [0.717, 1.165) is 26.1 Å². The second-order valence-electron chi connectivity index (χ2n) is 4.75. The van der Waals surface area contributed by atoms with Gasteiger partial charge in [0.2, 0.25) is 0 Å². The van der Waals surface area contributed by atoms with Gasteiger partial charge in [-0.25, -0.2) is 0 Å². The van der Waals surface area contributed by atoms with Crippen molar-refractivity contribution in [3.8, 4) is 0 Å². The molecule has 2 heterocycles. The van der Waals surface area contributed by atoms with E-state index in [-0.39, 0.29) is 12.0 Å². The van der Waals surface area contributed by atoms with Crippen LogP contribution in [0.1, 0.15) is 26.2 Å². The van der Waals surface area contributed by atoms with Gasteiger partial charge < -0.3 is 9.64 Å². The van der Waals surface area contributed by atoms with Crippen LogP contribution in [0.5, 0.6) is 0 Å². The molecule has 0 bridgehead atoms. The summed E-state index contributed by atoms with van der Waals surface area (Å²) in [7, 11) is 1.48. The molecule has 0 aliphatic carbocycles. The number of piperidine rings is 1. The number of likely N-dealkylation sites (tertiary alicyclic amines) is 2. The Morgan fingerprint density at radius 1 is 1.38 bits per heavy atom. The van der Waals surface area contributed by atoms with Crippen LogP contribution in [0.3, 0.4) is 0 Å². The fraction of sp³-hybridized carbons (Fsp3) is 0.917. The minimum absolute atomic E-state index is 0.0341. The zero-order chi connectivity index (χ0) is 11.5. The Morgan fingerprint density at radius 2 is 2.19 bits per heavy atom. The van der Waals surface area contributed by atoms with E-state index in [1.165, 1.54) is 26.5 Å². The first-order valence-electron chi connectivity index (χ1n) is 6.32. The highest BCUT2D eigenvalue weighted by molar-refractivity contribution is 5.76. The lowest BCUT2D eigenvalue weighted by Gasteiger charge is -2.47. The van der Waals surface area contributed by atoms with Crippen LogP contribution in [0.2, 0.25) is 0 Å². The van der Waals surface area contributed by atoms with Gasteiger partial charge in [-0.1, -0.05) is 6.92 Å². The third kappa shape index (κ3) is 2.23. The molecule has 4 heteroatoms. The van der Waals surface area contributed by atoms with Crippen molar-refractivity contribution in [2.45, 2.75) is 38.3 Å². The first-order chi connectivity index (χ1) is 7.76. The first-order valence-corrected chi connectivity index (χ1v) is 6.32. The monoisotopic (exact) mass is 226 g/mol. The van der Waals surface area contributed by atoms with Crippen molar-refractivity contribution in [2.24, 2.45) is 0 Å². The van der Waals surface area contributed by atoms with Gasteiger partial charge in [-0.05, 0) is 32.4 Å². The van der Waals surface area contributed by atoms with Crippen molar-refractivity contribution in [1.82, 2.24) is 9.80 Å². The van der Waals surface area contributed by atoms with Gasteiger partial charge in [0.05, 0.1) is 7.11 Å². The Labute approximate surface area is 97.5 Å². The van der Waals surface area contributed by atoms with Gasteiger partial charge in [0.15, 0.2) is 0 Å². The Kier molecular flexibility index (Phi) is 3.82. The summed E-state index contributed by atoms with van der Waals surface area (Å²) in [6.07, 6.45) is 3.45. The summed E-state index contributed by atoms with van der Waals surface area (Å²) in [6, 6.07) is 0.596. The quantitative estimate of drug-likeness (QED) is 0.664. The van der Waals surface area contributed by atoms with E-state index in [1.807, 2.05) is 0 Å².